The van der Waals surface area contributed by atoms with Gasteiger partial charge in [0.15, 0.2) is 17.3 Å². The number of piperidine rings is 1. The summed E-state index contributed by atoms with van der Waals surface area (Å²) in [6.07, 6.45) is 3.21. The molecule has 0 radical (unpaired) electrons. The zero-order valence-corrected chi connectivity index (χ0v) is 16.0. The van der Waals surface area contributed by atoms with Crippen LogP contribution in [0.3, 0.4) is 0 Å². The lowest BCUT2D eigenvalue weighted by molar-refractivity contribution is -0.133. The lowest BCUT2D eigenvalue weighted by Gasteiger charge is -2.34. The highest BCUT2D eigenvalue weighted by Crippen LogP contribution is 2.28. The van der Waals surface area contributed by atoms with Crippen molar-refractivity contribution in [1.82, 2.24) is 4.90 Å². The fourth-order valence-corrected chi connectivity index (χ4v) is 3.24. The Morgan fingerprint density at radius 2 is 2.12 bits per heavy atom. The van der Waals surface area contributed by atoms with Gasteiger partial charge in [0.1, 0.15) is 0 Å². The summed E-state index contributed by atoms with van der Waals surface area (Å²) < 4.78 is 11.0. The molecule has 2 unspecified atom stereocenters. The first-order chi connectivity index (χ1) is 12.4. The van der Waals surface area contributed by atoms with E-state index in [1.165, 1.54) is 6.92 Å². The van der Waals surface area contributed by atoms with Gasteiger partial charge in [0.2, 0.25) is 5.91 Å². The van der Waals surface area contributed by atoms with Gasteiger partial charge in [-0.2, -0.15) is 0 Å². The normalized spacial score (nSPS) is 18.3. The molecule has 2 rings (SSSR count). The summed E-state index contributed by atoms with van der Waals surface area (Å²) in [7, 11) is 1.54. The van der Waals surface area contributed by atoms with Crippen LogP contribution >= 0.6 is 0 Å². The number of hydrogen-bond donors (Lipinski definition) is 1. The van der Waals surface area contributed by atoms with E-state index >= 15 is 0 Å². The molecule has 1 saturated heterocycles. The number of likely N-dealkylation sites (tertiary alicyclic amines) is 1. The Bertz CT molecular complexity index is 630. The zero-order chi connectivity index (χ0) is 19.1. The highest BCUT2D eigenvalue weighted by atomic mass is 16.5. The van der Waals surface area contributed by atoms with Crippen molar-refractivity contribution in [2.24, 2.45) is 11.7 Å². The van der Waals surface area contributed by atoms with E-state index < -0.39 is 0 Å². The third-order valence-corrected chi connectivity index (χ3v) is 4.92. The van der Waals surface area contributed by atoms with E-state index in [0.29, 0.717) is 42.4 Å². The van der Waals surface area contributed by atoms with Crippen LogP contribution in [0.5, 0.6) is 11.5 Å². The van der Waals surface area contributed by atoms with Gasteiger partial charge in [-0.15, -0.1) is 0 Å². The van der Waals surface area contributed by atoms with Crippen LogP contribution in [0.15, 0.2) is 18.2 Å². The molecule has 1 amide bonds. The van der Waals surface area contributed by atoms with E-state index in [9.17, 15) is 9.59 Å². The molecular formula is C20H30N2O4. The summed E-state index contributed by atoms with van der Waals surface area (Å²) in [5.74, 6) is 1.65. The topological polar surface area (TPSA) is 81.9 Å². The van der Waals surface area contributed by atoms with E-state index in [1.54, 1.807) is 25.3 Å². The quantitative estimate of drug-likeness (QED) is 0.568. The number of ether oxygens (including phenoxy) is 2. The van der Waals surface area contributed by atoms with Crippen molar-refractivity contribution in [1.29, 1.82) is 0 Å². The summed E-state index contributed by atoms with van der Waals surface area (Å²) in [5.41, 5.74) is 6.56. The molecule has 6 nitrogen and oxygen atoms in total. The van der Waals surface area contributed by atoms with Crippen LogP contribution in [0.1, 0.15) is 49.9 Å². The summed E-state index contributed by atoms with van der Waals surface area (Å²) in [4.78, 5) is 25.7. The van der Waals surface area contributed by atoms with Crippen molar-refractivity contribution in [2.45, 2.75) is 45.6 Å². The molecule has 1 aromatic carbocycles. The Morgan fingerprint density at radius 3 is 2.77 bits per heavy atom. The van der Waals surface area contributed by atoms with E-state index in [1.807, 2.05) is 11.8 Å². The second-order valence-electron chi connectivity index (χ2n) is 6.98. The molecule has 2 atom stereocenters. The minimum absolute atomic E-state index is 0.0212. The van der Waals surface area contributed by atoms with Crippen LogP contribution < -0.4 is 15.2 Å². The van der Waals surface area contributed by atoms with E-state index in [0.717, 1.165) is 25.9 Å². The number of carbonyl (C=O) groups excluding carboxylic acids is 2. The highest BCUT2D eigenvalue weighted by molar-refractivity contribution is 5.94. The third-order valence-electron chi connectivity index (χ3n) is 4.92. The van der Waals surface area contributed by atoms with Crippen LogP contribution in [0.4, 0.5) is 0 Å². The Kier molecular flexibility index (Phi) is 7.45. The number of Topliss-reactive ketones (excluding diaryl/α,β-unsaturated/α-hetero) is 1. The van der Waals surface area contributed by atoms with E-state index in [2.05, 4.69) is 0 Å². The van der Waals surface area contributed by atoms with Crippen molar-refractivity contribution in [3.63, 3.8) is 0 Å². The van der Waals surface area contributed by atoms with Crippen molar-refractivity contribution >= 4 is 11.7 Å². The van der Waals surface area contributed by atoms with E-state index in [-0.39, 0.29) is 17.7 Å². The lowest BCUT2D eigenvalue weighted by atomic mass is 9.92. The van der Waals surface area contributed by atoms with Gasteiger partial charge in [-0.25, -0.2) is 0 Å². The number of carbonyl (C=O) groups is 2. The van der Waals surface area contributed by atoms with E-state index in [4.69, 9.17) is 15.2 Å². The first-order valence-corrected chi connectivity index (χ1v) is 9.27. The van der Waals surface area contributed by atoms with Gasteiger partial charge in [-0.3, -0.25) is 9.59 Å². The largest absolute Gasteiger partial charge is 0.493 e. The van der Waals surface area contributed by atoms with Gasteiger partial charge in [0.05, 0.1) is 13.7 Å². The molecule has 1 fully saturated rings. The molecule has 0 bridgehead atoms. The van der Waals surface area contributed by atoms with Crippen LogP contribution in [0.25, 0.3) is 0 Å². The average molecular weight is 362 g/mol. The zero-order valence-electron chi connectivity index (χ0n) is 16.0. The molecule has 1 aliphatic heterocycles. The predicted molar refractivity (Wildman–Crippen MR) is 101 cm³/mol. The molecule has 144 valence electrons. The summed E-state index contributed by atoms with van der Waals surface area (Å²) in [6, 6.07) is 5.24. The monoisotopic (exact) mass is 362 g/mol. The van der Waals surface area contributed by atoms with Crippen molar-refractivity contribution in [3.05, 3.63) is 23.8 Å². The number of amides is 1. The number of methoxy groups -OCH3 is 1. The molecule has 2 N–H and O–H groups in total. The van der Waals surface area contributed by atoms with Gasteiger partial charge in [-0.05, 0) is 57.2 Å². The number of hydrogen-bond acceptors (Lipinski definition) is 5. The predicted octanol–water partition coefficient (Wildman–Crippen LogP) is 2.64. The van der Waals surface area contributed by atoms with Crippen molar-refractivity contribution < 1.29 is 19.1 Å². The highest BCUT2D eigenvalue weighted by Gasteiger charge is 2.25. The molecule has 1 aromatic rings. The second-order valence-corrected chi connectivity index (χ2v) is 6.98. The van der Waals surface area contributed by atoms with Gasteiger partial charge < -0.3 is 20.1 Å². The van der Waals surface area contributed by atoms with Gasteiger partial charge in [0, 0.05) is 31.1 Å². The van der Waals surface area contributed by atoms with Gasteiger partial charge in [-0.1, -0.05) is 0 Å². The van der Waals surface area contributed by atoms with Crippen molar-refractivity contribution in [3.8, 4) is 11.5 Å². The van der Waals surface area contributed by atoms with Crippen LogP contribution in [0, 0.1) is 5.92 Å². The maximum atomic E-state index is 12.4. The standard InChI is InChI=1S/C20H30N2O4/c1-14(21)17-6-4-10-22(13-17)20(24)7-5-11-26-18-9-8-16(15(2)23)12-19(18)25-3/h8-9,12,14,17H,4-7,10-11,13,21H2,1-3H3. The van der Waals surface area contributed by atoms with Crippen LogP contribution in [0.2, 0.25) is 0 Å². The maximum Gasteiger partial charge on any atom is 0.222 e. The molecule has 0 aromatic heterocycles. The SMILES string of the molecule is COc1cc(C(C)=O)ccc1OCCCC(=O)N1CCCC(C(C)N)C1. The molecule has 0 spiro atoms. The molecular weight excluding hydrogens is 332 g/mol. The summed E-state index contributed by atoms with van der Waals surface area (Å²) in [6.45, 7) is 5.53. The number of nitrogens with zero attached hydrogens (tertiary/aromatic N) is 1. The van der Waals surface area contributed by atoms with Crippen LogP contribution in [-0.2, 0) is 4.79 Å². The summed E-state index contributed by atoms with van der Waals surface area (Å²) in [5, 5.41) is 0. The van der Waals surface area contributed by atoms with Crippen LogP contribution in [-0.4, -0.2) is 49.4 Å². The smallest absolute Gasteiger partial charge is 0.222 e. The molecule has 1 heterocycles. The molecule has 6 heteroatoms. The molecule has 1 aliphatic rings. The number of benzene rings is 1. The Balaban J connectivity index is 1.79. The minimum atomic E-state index is -0.0212. The number of ketones is 1. The first-order valence-electron chi connectivity index (χ1n) is 9.27. The average Bonchev–Trinajstić information content (AvgIpc) is 2.64. The fraction of sp³-hybridized carbons (Fsp3) is 0.600. The molecule has 0 saturated carbocycles. The number of rotatable bonds is 8. The Hall–Kier alpha value is -2.08. The summed E-state index contributed by atoms with van der Waals surface area (Å²) >= 11 is 0. The van der Waals surface area contributed by atoms with Gasteiger partial charge in [0.25, 0.3) is 0 Å². The first kappa shape index (κ1) is 20.2. The minimum Gasteiger partial charge on any atom is -0.493 e. The second kappa shape index (κ2) is 9.57. The molecule has 0 aliphatic carbocycles. The number of nitrogens with two attached hydrogens (primary N) is 1. The Labute approximate surface area is 155 Å². The third kappa shape index (κ3) is 5.46. The fourth-order valence-electron chi connectivity index (χ4n) is 3.24. The van der Waals surface area contributed by atoms with Crippen molar-refractivity contribution in [2.75, 3.05) is 26.8 Å². The Morgan fingerprint density at radius 1 is 1.35 bits per heavy atom. The maximum absolute atomic E-state index is 12.4. The lowest BCUT2D eigenvalue weighted by Crippen LogP contribution is -2.45. The van der Waals surface area contributed by atoms with Gasteiger partial charge >= 0.3 is 0 Å². The molecule has 26 heavy (non-hydrogen) atoms.